The summed E-state index contributed by atoms with van der Waals surface area (Å²) in [6, 6.07) is 4.09. The van der Waals surface area contributed by atoms with Crippen LogP contribution in [0, 0.1) is 13.8 Å². The van der Waals surface area contributed by atoms with Gasteiger partial charge in [0, 0.05) is 16.2 Å². The van der Waals surface area contributed by atoms with Gasteiger partial charge in [-0.2, -0.15) is 4.68 Å². The topological polar surface area (TPSA) is 63.8 Å². The number of aromatic nitrogens is 4. The largest absolute Gasteiger partial charge is 0.390 e. The second kappa shape index (κ2) is 5.43. The van der Waals surface area contributed by atoms with Crippen LogP contribution in [0.25, 0.3) is 5.13 Å². The molecule has 0 bridgehead atoms. The summed E-state index contributed by atoms with van der Waals surface area (Å²) in [5, 5.41) is 20.5. The van der Waals surface area contributed by atoms with E-state index in [4.69, 9.17) is 0 Å². The van der Waals surface area contributed by atoms with E-state index in [0.29, 0.717) is 12.1 Å². The number of hydrogen-bond donors (Lipinski definition) is 1. The van der Waals surface area contributed by atoms with Crippen LogP contribution in [0.3, 0.4) is 0 Å². The number of aliphatic hydroxyl groups excluding tert-OH is 1. The second-order valence-corrected chi connectivity index (χ2v) is 6.66. The van der Waals surface area contributed by atoms with Gasteiger partial charge in [-0.3, -0.25) is 0 Å². The SMILES string of the molecule is Cc1nc(-n2nnc(CO)c2Cc2cccs2)sc1C. The van der Waals surface area contributed by atoms with Gasteiger partial charge in [-0.15, -0.1) is 16.4 Å². The smallest absolute Gasteiger partial charge is 0.212 e. The Balaban J connectivity index is 2.04. The fourth-order valence-electron chi connectivity index (χ4n) is 1.91. The maximum absolute atomic E-state index is 9.44. The number of aliphatic hydroxyl groups is 1. The van der Waals surface area contributed by atoms with Gasteiger partial charge in [0.15, 0.2) is 0 Å². The molecule has 0 spiro atoms. The van der Waals surface area contributed by atoms with E-state index < -0.39 is 0 Å². The van der Waals surface area contributed by atoms with Crippen molar-refractivity contribution in [3.8, 4) is 5.13 Å². The molecule has 0 unspecified atom stereocenters. The van der Waals surface area contributed by atoms with Crippen molar-refractivity contribution in [3.05, 3.63) is 44.3 Å². The first kappa shape index (κ1) is 13.4. The first-order valence-electron chi connectivity index (χ1n) is 6.20. The summed E-state index contributed by atoms with van der Waals surface area (Å²) in [5.41, 5.74) is 2.53. The van der Waals surface area contributed by atoms with Crippen molar-refractivity contribution in [2.24, 2.45) is 0 Å². The molecule has 0 aliphatic carbocycles. The van der Waals surface area contributed by atoms with Crippen LogP contribution < -0.4 is 0 Å². The summed E-state index contributed by atoms with van der Waals surface area (Å²) in [6.45, 7) is 3.92. The summed E-state index contributed by atoms with van der Waals surface area (Å²) in [5.74, 6) is 0. The molecular formula is C13H14N4OS2. The quantitative estimate of drug-likeness (QED) is 0.804. The highest BCUT2D eigenvalue weighted by Crippen LogP contribution is 2.24. The van der Waals surface area contributed by atoms with Gasteiger partial charge < -0.3 is 5.11 Å². The molecule has 104 valence electrons. The average molecular weight is 306 g/mol. The lowest BCUT2D eigenvalue weighted by molar-refractivity contribution is 0.275. The molecule has 0 fully saturated rings. The highest BCUT2D eigenvalue weighted by molar-refractivity contribution is 7.14. The zero-order chi connectivity index (χ0) is 14.1. The fourth-order valence-corrected chi connectivity index (χ4v) is 3.50. The van der Waals surface area contributed by atoms with Crippen molar-refractivity contribution in [2.45, 2.75) is 26.9 Å². The summed E-state index contributed by atoms with van der Waals surface area (Å²) in [6.07, 6.45) is 0.707. The Morgan fingerprint density at radius 2 is 2.20 bits per heavy atom. The van der Waals surface area contributed by atoms with Crippen molar-refractivity contribution in [3.63, 3.8) is 0 Å². The van der Waals surface area contributed by atoms with Crippen LogP contribution in [-0.2, 0) is 13.0 Å². The molecule has 0 saturated heterocycles. The molecule has 3 aromatic heterocycles. The van der Waals surface area contributed by atoms with E-state index in [9.17, 15) is 5.11 Å². The number of thiophene rings is 1. The van der Waals surface area contributed by atoms with E-state index in [1.807, 2.05) is 25.3 Å². The Hall–Kier alpha value is -1.57. The molecule has 3 aromatic rings. The minimum absolute atomic E-state index is 0.107. The molecule has 3 heterocycles. The number of nitrogens with zero attached hydrogens (tertiary/aromatic N) is 4. The monoisotopic (exact) mass is 306 g/mol. The normalized spacial score (nSPS) is 11.2. The summed E-state index contributed by atoms with van der Waals surface area (Å²) >= 11 is 3.27. The number of aryl methyl sites for hydroxylation is 2. The third-order valence-corrected chi connectivity index (χ3v) is 5.04. The molecule has 0 aromatic carbocycles. The fraction of sp³-hybridized carbons (Fsp3) is 0.308. The summed E-state index contributed by atoms with van der Waals surface area (Å²) < 4.78 is 1.75. The lowest BCUT2D eigenvalue weighted by atomic mass is 10.2. The van der Waals surface area contributed by atoms with Gasteiger partial charge in [-0.05, 0) is 25.3 Å². The molecule has 0 saturated carbocycles. The van der Waals surface area contributed by atoms with Gasteiger partial charge in [-0.25, -0.2) is 4.98 Å². The highest BCUT2D eigenvalue weighted by atomic mass is 32.1. The van der Waals surface area contributed by atoms with Gasteiger partial charge in [0.05, 0.1) is 18.0 Å². The molecule has 1 N–H and O–H groups in total. The predicted octanol–water partition coefficient (Wildman–Crippen LogP) is 2.49. The van der Waals surface area contributed by atoms with Crippen molar-refractivity contribution in [1.29, 1.82) is 0 Å². The van der Waals surface area contributed by atoms with E-state index in [1.54, 1.807) is 27.4 Å². The van der Waals surface area contributed by atoms with Gasteiger partial charge >= 0.3 is 0 Å². The maximum Gasteiger partial charge on any atom is 0.212 e. The van der Waals surface area contributed by atoms with Crippen molar-refractivity contribution in [1.82, 2.24) is 20.0 Å². The first-order chi connectivity index (χ1) is 9.69. The number of thiazole rings is 1. The number of hydrogen-bond acceptors (Lipinski definition) is 6. The Morgan fingerprint density at radius 1 is 1.35 bits per heavy atom. The van der Waals surface area contributed by atoms with Crippen LogP contribution in [0.15, 0.2) is 17.5 Å². The Morgan fingerprint density at radius 3 is 2.80 bits per heavy atom. The van der Waals surface area contributed by atoms with Crippen molar-refractivity contribution in [2.75, 3.05) is 0 Å². The Labute approximate surface area is 124 Å². The molecule has 0 aliphatic heterocycles. The zero-order valence-corrected chi connectivity index (χ0v) is 12.8. The molecule has 0 atom stereocenters. The molecular weight excluding hydrogens is 292 g/mol. The van der Waals surface area contributed by atoms with Gasteiger partial charge in [0.25, 0.3) is 0 Å². The van der Waals surface area contributed by atoms with Crippen molar-refractivity contribution >= 4 is 22.7 Å². The van der Waals surface area contributed by atoms with Gasteiger partial charge in [0.2, 0.25) is 5.13 Å². The Kier molecular flexibility index (Phi) is 3.64. The summed E-state index contributed by atoms with van der Waals surface area (Å²) in [4.78, 5) is 6.90. The molecule has 0 radical (unpaired) electrons. The molecule has 20 heavy (non-hydrogen) atoms. The van der Waals surface area contributed by atoms with Crippen LogP contribution in [-0.4, -0.2) is 25.1 Å². The average Bonchev–Trinajstić information content (AvgIpc) is 3.13. The Bertz CT molecular complexity index is 695. The van der Waals surface area contributed by atoms with E-state index >= 15 is 0 Å². The van der Waals surface area contributed by atoms with Crippen LogP contribution >= 0.6 is 22.7 Å². The molecule has 5 nitrogen and oxygen atoms in total. The first-order valence-corrected chi connectivity index (χ1v) is 7.89. The van der Waals surface area contributed by atoms with E-state index in [0.717, 1.165) is 16.5 Å². The van der Waals surface area contributed by atoms with Gasteiger partial charge in [-0.1, -0.05) is 22.6 Å². The van der Waals surface area contributed by atoms with E-state index in [1.165, 1.54) is 9.75 Å². The lowest BCUT2D eigenvalue weighted by Crippen LogP contribution is -2.04. The van der Waals surface area contributed by atoms with Crippen molar-refractivity contribution < 1.29 is 5.11 Å². The van der Waals surface area contributed by atoms with Crippen LogP contribution in [0.1, 0.15) is 26.8 Å². The zero-order valence-electron chi connectivity index (χ0n) is 11.2. The summed E-state index contributed by atoms with van der Waals surface area (Å²) in [7, 11) is 0. The van der Waals surface area contributed by atoms with E-state index in [-0.39, 0.29) is 6.61 Å². The third-order valence-electron chi connectivity index (χ3n) is 3.11. The maximum atomic E-state index is 9.44. The second-order valence-electron chi connectivity index (χ2n) is 4.45. The van der Waals surface area contributed by atoms with Crippen LogP contribution in [0.4, 0.5) is 0 Å². The standard InChI is InChI=1S/C13H14N4OS2/c1-8-9(2)20-13(14-8)17-12(11(7-18)15-16-17)6-10-4-3-5-19-10/h3-5,18H,6-7H2,1-2H3. The molecule has 0 aliphatic rings. The minimum Gasteiger partial charge on any atom is -0.390 e. The number of rotatable bonds is 4. The lowest BCUT2D eigenvalue weighted by Gasteiger charge is -2.03. The van der Waals surface area contributed by atoms with Crippen LogP contribution in [0.5, 0.6) is 0 Å². The predicted molar refractivity (Wildman–Crippen MR) is 79.6 cm³/mol. The molecule has 3 rings (SSSR count). The van der Waals surface area contributed by atoms with E-state index in [2.05, 4.69) is 21.4 Å². The minimum atomic E-state index is -0.107. The highest BCUT2D eigenvalue weighted by Gasteiger charge is 2.17. The molecule has 7 heteroatoms. The third kappa shape index (κ3) is 2.39. The van der Waals surface area contributed by atoms with Crippen LogP contribution in [0.2, 0.25) is 0 Å². The van der Waals surface area contributed by atoms with Gasteiger partial charge in [0.1, 0.15) is 5.69 Å². The molecule has 0 amide bonds.